The minimum Gasteiger partial charge on any atom is -0.481 e. The van der Waals surface area contributed by atoms with E-state index in [0.29, 0.717) is 19.0 Å². The minimum absolute atomic E-state index is 0.0802. The van der Waals surface area contributed by atoms with Crippen LogP contribution < -0.4 is 10.6 Å². The number of aliphatic carboxylic acids is 1. The second-order valence-corrected chi connectivity index (χ2v) is 6.68. The van der Waals surface area contributed by atoms with Gasteiger partial charge in [0.15, 0.2) is 0 Å². The second kappa shape index (κ2) is 6.78. The quantitative estimate of drug-likeness (QED) is 0.733. The molecule has 0 bridgehead atoms. The van der Waals surface area contributed by atoms with Gasteiger partial charge in [0.1, 0.15) is 0 Å². The van der Waals surface area contributed by atoms with Gasteiger partial charge in [-0.3, -0.25) is 4.79 Å². The molecule has 110 valence electrons. The third-order valence-electron chi connectivity index (χ3n) is 3.53. The Hall–Kier alpha value is -1.26. The van der Waals surface area contributed by atoms with E-state index in [2.05, 4.69) is 31.4 Å². The Labute approximate surface area is 115 Å². The van der Waals surface area contributed by atoms with Crippen molar-refractivity contribution < 1.29 is 14.7 Å². The average molecular weight is 270 g/mol. The van der Waals surface area contributed by atoms with Crippen LogP contribution in [0.5, 0.6) is 0 Å². The van der Waals surface area contributed by atoms with Crippen molar-refractivity contribution in [1.29, 1.82) is 0 Å². The summed E-state index contributed by atoms with van der Waals surface area (Å²) in [6, 6.07) is -0.129. The van der Waals surface area contributed by atoms with Crippen LogP contribution in [0.15, 0.2) is 0 Å². The van der Waals surface area contributed by atoms with E-state index in [9.17, 15) is 9.59 Å². The lowest BCUT2D eigenvalue weighted by Crippen LogP contribution is -2.42. The maximum atomic E-state index is 11.6. The molecular weight excluding hydrogens is 244 g/mol. The van der Waals surface area contributed by atoms with Crippen LogP contribution in [0.25, 0.3) is 0 Å². The van der Waals surface area contributed by atoms with Crippen LogP contribution in [-0.2, 0) is 4.79 Å². The number of nitrogens with one attached hydrogen (secondary N) is 2. The first-order valence-electron chi connectivity index (χ1n) is 7.02. The maximum absolute atomic E-state index is 11.6. The summed E-state index contributed by atoms with van der Waals surface area (Å²) in [7, 11) is 0. The largest absolute Gasteiger partial charge is 0.481 e. The van der Waals surface area contributed by atoms with Crippen molar-refractivity contribution in [2.24, 2.45) is 17.3 Å². The fraction of sp³-hybridized carbons (Fsp3) is 0.857. The molecule has 1 fully saturated rings. The molecule has 0 aromatic heterocycles. The van der Waals surface area contributed by atoms with Gasteiger partial charge in [0.25, 0.3) is 0 Å². The van der Waals surface area contributed by atoms with Gasteiger partial charge >= 0.3 is 12.0 Å². The molecule has 0 heterocycles. The summed E-state index contributed by atoms with van der Waals surface area (Å²) in [4.78, 5) is 22.4. The van der Waals surface area contributed by atoms with Crippen LogP contribution in [0.2, 0.25) is 0 Å². The molecule has 1 aliphatic carbocycles. The van der Waals surface area contributed by atoms with Crippen molar-refractivity contribution in [1.82, 2.24) is 10.6 Å². The van der Waals surface area contributed by atoms with Gasteiger partial charge in [-0.25, -0.2) is 4.79 Å². The molecule has 1 rings (SSSR count). The Morgan fingerprint density at radius 2 is 1.68 bits per heavy atom. The summed E-state index contributed by atoms with van der Waals surface area (Å²) in [6.45, 7) is 7.49. The lowest BCUT2D eigenvalue weighted by molar-refractivity contribution is -0.143. The number of carbonyl (C=O) groups excluding carboxylic acids is 1. The number of rotatable bonds is 4. The molecule has 1 aliphatic rings. The SMILES string of the molecule is CC(C)(C)CNC(=O)NCC1CCC(C(=O)O)CC1. The Morgan fingerprint density at radius 1 is 1.11 bits per heavy atom. The number of carboxylic acids is 1. The van der Waals surface area contributed by atoms with Gasteiger partial charge in [0, 0.05) is 13.1 Å². The van der Waals surface area contributed by atoms with Crippen LogP contribution >= 0.6 is 0 Å². The van der Waals surface area contributed by atoms with Gasteiger partial charge in [0.2, 0.25) is 0 Å². The zero-order valence-electron chi connectivity index (χ0n) is 12.2. The van der Waals surface area contributed by atoms with Crippen LogP contribution in [0.3, 0.4) is 0 Å². The van der Waals surface area contributed by atoms with Crippen LogP contribution in [0.4, 0.5) is 4.79 Å². The Morgan fingerprint density at radius 3 is 2.16 bits per heavy atom. The zero-order chi connectivity index (χ0) is 14.5. The predicted octanol–water partition coefficient (Wildman–Crippen LogP) is 2.22. The first kappa shape index (κ1) is 15.8. The molecule has 1 saturated carbocycles. The highest BCUT2D eigenvalue weighted by atomic mass is 16.4. The third kappa shape index (κ3) is 6.45. The smallest absolute Gasteiger partial charge is 0.314 e. The van der Waals surface area contributed by atoms with Gasteiger partial charge < -0.3 is 15.7 Å². The van der Waals surface area contributed by atoms with Crippen molar-refractivity contribution >= 4 is 12.0 Å². The first-order valence-corrected chi connectivity index (χ1v) is 7.02. The summed E-state index contributed by atoms with van der Waals surface area (Å²) >= 11 is 0. The number of carbonyl (C=O) groups is 2. The Balaban J connectivity index is 2.17. The highest BCUT2D eigenvalue weighted by Crippen LogP contribution is 2.28. The van der Waals surface area contributed by atoms with Gasteiger partial charge in [-0.05, 0) is 37.0 Å². The van der Waals surface area contributed by atoms with E-state index in [-0.39, 0.29) is 17.4 Å². The van der Waals surface area contributed by atoms with E-state index in [1.54, 1.807) is 0 Å². The average Bonchev–Trinajstić information content (AvgIpc) is 2.33. The van der Waals surface area contributed by atoms with Crippen LogP contribution in [-0.4, -0.2) is 30.2 Å². The molecule has 0 aromatic rings. The Bertz CT molecular complexity index is 315. The van der Waals surface area contributed by atoms with Gasteiger partial charge in [-0.2, -0.15) is 0 Å². The molecule has 5 nitrogen and oxygen atoms in total. The summed E-state index contributed by atoms with van der Waals surface area (Å²) in [6.07, 6.45) is 3.23. The monoisotopic (exact) mass is 270 g/mol. The number of urea groups is 1. The fourth-order valence-corrected chi connectivity index (χ4v) is 2.26. The molecule has 5 heteroatoms. The molecule has 0 aromatic carbocycles. The van der Waals surface area contributed by atoms with Crippen LogP contribution in [0, 0.1) is 17.3 Å². The van der Waals surface area contributed by atoms with Crippen LogP contribution in [0.1, 0.15) is 46.5 Å². The number of amides is 2. The highest BCUT2D eigenvalue weighted by molar-refractivity contribution is 5.73. The minimum atomic E-state index is -0.686. The number of hydrogen-bond acceptors (Lipinski definition) is 2. The Kier molecular flexibility index (Phi) is 5.63. The van der Waals surface area contributed by atoms with Crippen molar-refractivity contribution in [3.05, 3.63) is 0 Å². The van der Waals surface area contributed by atoms with E-state index in [4.69, 9.17) is 5.11 Å². The summed E-state index contributed by atoms with van der Waals surface area (Å²) in [5.41, 5.74) is 0.0802. The second-order valence-electron chi connectivity index (χ2n) is 6.68. The molecule has 2 amide bonds. The third-order valence-corrected chi connectivity index (χ3v) is 3.53. The molecule has 0 aliphatic heterocycles. The standard InChI is InChI=1S/C14H26N2O3/c1-14(2,3)9-16-13(19)15-8-10-4-6-11(7-5-10)12(17)18/h10-11H,4-9H2,1-3H3,(H,17,18)(H2,15,16,19). The van der Waals surface area contributed by atoms with Crippen molar-refractivity contribution in [2.45, 2.75) is 46.5 Å². The number of hydrogen-bond donors (Lipinski definition) is 3. The van der Waals surface area contributed by atoms with Crippen molar-refractivity contribution in [3.63, 3.8) is 0 Å². The molecule has 0 saturated heterocycles. The van der Waals surface area contributed by atoms with Gasteiger partial charge in [-0.15, -0.1) is 0 Å². The van der Waals surface area contributed by atoms with E-state index in [0.717, 1.165) is 25.7 Å². The lowest BCUT2D eigenvalue weighted by Gasteiger charge is -2.26. The molecule has 0 spiro atoms. The lowest BCUT2D eigenvalue weighted by atomic mass is 9.82. The molecule has 0 radical (unpaired) electrons. The zero-order valence-corrected chi connectivity index (χ0v) is 12.2. The molecule has 0 unspecified atom stereocenters. The summed E-state index contributed by atoms with van der Waals surface area (Å²) in [5.74, 6) is -0.462. The van der Waals surface area contributed by atoms with E-state index >= 15 is 0 Å². The normalized spacial score (nSPS) is 23.7. The fourth-order valence-electron chi connectivity index (χ4n) is 2.26. The maximum Gasteiger partial charge on any atom is 0.314 e. The number of carboxylic acid groups (broad SMARTS) is 1. The summed E-state index contributed by atoms with van der Waals surface area (Å²) in [5, 5.41) is 14.6. The van der Waals surface area contributed by atoms with Crippen molar-refractivity contribution in [2.75, 3.05) is 13.1 Å². The van der Waals surface area contributed by atoms with E-state index in [1.165, 1.54) is 0 Å². The van der Waals surface area contributed by atoms with Gasteiger partial charge in [-0.1, -0.05) is 20.8 Å². The van der Waals surface area contributed by atoms with Gasteiger partial charge in [0.05, 0.1) is 5.92 Å². The predicted molar refractivity (Wildman–Crippen MR) is 73.9 cm³/mol. The van der Waals surface area contributed by atoms with E-state index in [1.807, 2.05) is 0 Å². The topological polar surface area (TPSA) is 78.4 Å². The molecular formula is C14H26N2O3. The van der Waals surface area contributed by atoms with E-state index < -0.39 is 5.97 Å². The van der Waals surface area contributed by atoms with Crippen molar-refractivity contribution in [3.8, 4) is 0 Å². The summed E-state index contributed by atoms with van der Waals surface area (Å²) < 4.78 is 0. The molecule has 19 heavy (non-hydrogen) atoms. The first-order chi connectivity index (χ1) is 8.78. The molecule has 0 atom stereocenters. The molecule has 3 N–H and O–H groups in total. The highest BCUT2D eigenvalue weighted by Gasteiger charge is 2.26.